The molecule has 0 atom stereocenters. The maximum Gasteiger partial charge on any atom is 0.244 e. The molecule has 0 unspecified atom stereocenters. The number of carbonyl (C=O) groups excluding carboxylic acids is 2. The number of thiazole rings is 1. The number of carbonyl (C=O) groups is 2. The Morgan fingerprint density at radius 1 is 0.895 bits per heavy atom. The van der Waals surface area contributed by atoms with E-state index in [1.165, 1.54) is 23.3 Å². The normalized spacial score (nSPS) is 10.5. The Morgan fingerprint density at radius 2 is 1.61 bits per heavy atom. The predicted molar refractivity (Wildman–Crippen MR) is 148 cm³/mol. The van der Waals surface area contributed by atoms with Gasteiger partial charge in [0.1, 0.15) is 28.8 Å². The molecule has 3 aromatic carbocycles. The number of anilines is 1. The van der Waals surface area contributed by atoms with Crippen molar-refractivity contribution in [2.45, 2.75) is 13.0 Å². The summed E-state index contributed by atoms with van der Waals surface area (Å²) in [6.45, 7) is 0.0674. The van der Waals surface area contributed by atoms with E-state index in [1.54, 1.807) is 32.4 Å². The minimum absolute atomic E-state index is 0.141. The van der Waals surface area contributed by atoms with Crippen LogP contribution < -0.4 is 19.5 Å². The molecule has 0 radical (unpaired) electrons. The monoisotopic (exact) mass is 531 g/mol. The second-order valence-electron chi connectivity index (χ2n) is 8.38. The smallest absolute Gasteiger partial charge is 0.244 e. The number of hydrogen-bond acceptors (Lipinski definition) is 7. The van der Waals surface area contributed by atoms with E-state index < -0.39 is 0 Å². The predicted octanol–water partition coefficient (Wildman–Crippen LogP) is 5.05. The number of hydrogen-bond donors (Lipinski definition) is 1. The summed E-state index contributed by atoms with van der Waals surface area (Å²) in [6.07, 6.45) is 0.177. The fraction of sp³-hybridized carbons (Fsp3) is 0.207. The lowest BCUT2D eigenvalue weighted by Gasteiger charge is -2.22. The van der Waals surface area contributed by atoms with Crippen LogP contribution in [-0.4, -0.2) is 49.6 Å². The highest BCUT2D eigenvalue weighted by molar-refractivity contribution is 7.09. The lowest BCUT2D eigenvalue weighted by molar-refractivity contribution is -0.134. The van der Waals surface area contributed by atoms with Gasteiger partial charge in [0, 0.05) is 17.0 Å². The van der Waals surface area contributed by atoms with Crippen LogP contribution in [0.15, 0.2) is 78.2 Å². The molecule has 0 saturated heterocycles. The van der Waals surface area contributed by atoms with Crippen molar-refractivity contribution in [3.63, 3.8) is 0 Å². The van der Waals surface area contributed by atoms with Crippen LogP contribution in [0.1, 0.15) is 10.6 Å². The van der Waals surface area contributed by atoms with E-state index in [1.807, 2.05) is 60.0 Å². The van der Waals surface area contributed by atoms with Gasteiger partial charge in [0.05, 0.1) is 45.7 Å². The third kappa shape index (κ3) is 6.89. The van der Waals surface area contributed by atoms with Crippen molar-refractivity contribution in [3.05, 3.63) is 88.7 Å². The van der Waals surface area contributed by atoms with Crippen LogP contribution in [-0.2, 0) is 22.6 Å². The van der Waals surface area contributed by atoms with Crippen LogP contribution in [0.5, 0.6) is 17.2 Å². The van der Waals surface area contributed by atoms with Gasteiger partial charge < -0.3 is 24.4 Å². The summed E-state index contributed by atoms with van der Waals surface area (Å²) < 4.78 is 15.8. The maximum absolute atomic E-state index is 13.3. The molecule has 0 aliphatic carbocycles. The number of aromatic nitrogens is 1. The van der Waals surface area contributed by atoms with E-state index in [0.29, 0.717) is 17.2 Å². The average Bonchev–Trinajstić information content (AvgIpc) is 3.42. The molecule has 0 saturated carbocycles. The standard InChI is InChI=1S/C29H29N3O5S/c1-35-22-11-9-21(10-12-22)25-19-38-28(31-25)18-32(29(34)15-20-7-5-4-6-8-20)17-27(33)30-24-14-13-23(36-2)16-26(24)37-3/h4-14,16,19H,15,17-18H2,1-3H3,(H,30,33). The highest BCUT2D eigenvalue weighted by Crippen LogP contribution is 2.29. The summed E-state index contributed by atoms with van der Waals surface area (Å²) in [5.74, 6) is 1.32. The van der Waals surface area contributed by atoms with Gasteiger partial charge in [-0.25, -0.2) is 4.98 Å². The lowest BCUT2D eigenvalue weighted by Crippen LogP contribution is -2.38. The van der Waals surface area contributed by atoms with Gasteiger partial charge in [-0.2, -0.15) is 0 Å². The van der Waals surface area contributed by atoms with Gasteiger partial charge >= 0.3 is 0 Å². The van der Waals surface area contributed by atoms with Crippen molar-refractivity contribution >= 4 is 28.8 Å². The third-order valence-electron chi connectivity index (χ3n) is 5.83. The van der Waals surface area contributed by atoms with Gasteiger partial charge in [-0.05, 0) is 42.0 Å². The van der Waals surface area contributed by atoms with Gasteiger partial charge in [0.2, 0.25) is 11.8 Å². The minimum Gasteiger partial charge on any atom is -0.497 e. The first-order valence-electron chi connectivity index (χ1n) is 11.9. The third-order valence-corrected chi connectivity index (χ3v) is 6.67. The SMILES string of the molecule is COc1ccc(-c2csc(CN(CC(=O)Nc3ccc(OC)cc3OC)C(=O)Cc3ccccc3)n2)cc1. The number of benzene rings is 3. The summed E-state index contributed by atoms with van der Waals surface area (Å²) >= 11 is 1.45. The summed E-state index contributed by atoms with van der Waals surface area (Å²) in [7, 11) is 4.70. The number of ether oxygens (including phenoxy) is 3. The Bertz CT molecular complexity index is 1370. The minimum atomic E-state index is -0.346. The first kappa shape index (κ1) is 26.7. The second kappa shape index (κ2) is 12.7. The Kier molecular flexibility index (Phi) is 8.94. The molecule has 0 fully saturated rings. The number of methoxy groups -OCH3 is 3. The molecule has 0 spiro atoms. The van der Waals surface area contributed by atoms with Crippen LogP contribution in [0.4, 0.5) is 5.69 Å². The van der Waals surface area contributed by atoms with Gasteiger partial charge in [0.25, 0.3) is 0 Å². The molecule has 1 heterocycles. The van der Waals surface area contributed by atoms with Gasteiger partial charge in [-0.1, -0.05) is 30.3 Å². The number of amides is 2. The molecule has 4 rings (SSSR count). The Hall–Kier alpha value is -4.37. The number of rotatable bonds is 11. The quantitative estimate of drug-likeness (QED) is 0.292. The van der Waals surface area contributed by atoms with E-state index in [2.05, 4.69) is 5.32 Å². The van der Waals surface area contributed by atoms with Crippen molar-refractivity contribution in [1.82, 2.24) is 9.88 Å². The molecule has 1 N–H and O–H groups in total. The molecule has 0 aliphatic rings. The van der Waals surface area contributed by atoms with Crippen molar-refractivity contribution < 1.29 is 23.8 Å². The highest BCUT2D eigenvalue weighted by Gasteiger charge is 2.21. The second-order valence-corrected chi connectivity index (χ2v) is 9.32. The molecule has 38 heavy (non-hydrogen) atoms. The van der Waals surface area contributed by atoms with E-state index >= 15 is 0 Å². The van der Waals surface area contributed by atoms with Gasteiger partial charge in [-0.3, -0.25) is 9.59 Å². The van der Waals surface area contributed by atoms with Crippen LogP contribution >= 0.6 is 11.3 Å². The zero-order chi connectivity index (χ0) is 26.9. The number of nitrogens with zero attached hydrogens (tertiary/aromatic N) is 2. The molecule has 0 bridgehead atoms. The molecule has 8 nitrogen and oxygen atoms in total. The zero-order valence-corrected chi connectivity index (χ0v) is 22.3. The first-order valence-corrected chi connectivity index (χ1v) is 12.8. The van der Waals surface area contributed by atoms with Crippen molar-refractivity contribution in [3.8, 4) is 28.5 Å². The highest BCUT2D eigenvalue weighted by atomic mass is 32.1. The zero-order valence-electron chi connectivity index (χ0n) is 21.5. The largest absolute Gasteiger partial charge is 0.497 e. The average molecular weight is 532 g/mol. The molecule has 2 amide bonds. The maximum atomic E-state index is 13.3. The molecule has 1 aromatic heterocycles. The Balaban J connectivity index is 1.51. The van der Waals surface area contributed by atoms with E-state index in [-0.39, 0.29) is 31.3 Å². The summed E-state index contributed by atoms with van der Waals surface area (Å²) in [6, 6.07) is 22.2. The van der Waals surface area contributed by atoms with Crippen molar-refractivity contribution in [2.75, 3.05) is 33.2 Å². The van der Waals surface area contributed by atoms with Crippen LogP contribution in [0.2, 0.25) is 0 Å². The summed E-state index contributed by atoms with van der Waals surface area (Å²) in [5, 5.41) is 5.52. The fourth-order valence-corrected chi connectivity index (χ4v) is 4.64. The molecular formula is C29H29N3O5S. The summed E-state index contributed by atoms with van der Waals surface area (Å²) in [4.78, 5) is 32.6. The van der Waals surface area contributed by atoms with Crippen molar-refractivity contribution in [1.29, 1.82) is 0 Å². The molecule has 4 aromatic rings. The Morgan fingerprint density at radius 3 is 2.29 bits per heavy atom. The van der Waals surface area contributed by atoms with Crippen LogP contribution in [0, 0.1) is 0 Å². The summed E-state index contributed by atoms with van der Waals surface area (Å²) in [5.41, 5.74) is 3.11. The fourth-order valence-electron chi connectivity index (χ4n) is 3.82. The molecular weight excluding hydrogens is 502 g/mol. The van der Waals surface area contributed by atoms with E-state index in [4.69, 9.17) is 19.2 Å². The van der Waals surface area contributed by atoms with Crippen LogP contribution in [0.25, 0.3) is 11.3 Å². The first-order chi connectivity index (χ1) is 18.5. The van der Waals surface area contributed by atoms with Crippen molar-refractivity contribution in [2.24, 2.45) is 0 Å². The topological polar surface area (TPSA) is 90.0 Å². The molecule has 9 heteroatoms. The van der Waals surface area contributed by atoms with E-state index in [9.17, 15) is 9.59 Å². The number of nitrogens with one attached hydrogen (secondary N) is 1. The molecule has 196 valence electrons. The Labute approximate surface area is 225 Å². The molecule has 0 aliphatic heterocycles. The van der Waals surface area contributed by atoms with Crippen LogP contribution in [0.3, 0.4) is 0 Å². The van der Waals surface area contributed by atoms with Gasteiger partial charge in [-0.15, -0.1) is 11.3 Å². The lowest BCUT2D eigenvalue weighted by atomic mass is 10.1. The van der Waals surface area contributed by atoms with E-state index in [0.717, 1.165) is 27.6 Å². The van der Waals surface area contributed by atoms with Gasteiger partial charge in [0.15, 0.2) is 0 Å².